The molecule has 3 rings (SSSR count). The maximum Gasteiger partial charge on any atom is 0.264 e. The van der Waals surface area contributed by atoms with Gasteiger partial charge in [0, 0.05) is 18.0 Å². The van der Waals surface area contributed by atoms with Gasteiger partial charge in [-0.3, -0.25) is 4.79 Å². The number of morpholine rings is 1. The fourth-order valence-electron chi connectivity index (χ4n) is 2.56. The molecule has 2 heterocycles. The van der Waals surface area contributed by atoms with E-state index in [-0.39, 0.29) is 17.8 Å². The van der Waals surface area contributed by atoms with Crippen LogP contribution in [0.5, 0.6) is 0 Å². The van der Waals surface area contributed by atoms with Crippen LogP contribution in [-0.2, 0) is 4.74 Å². The molecule has 1 aliphatic rings. The van der Waals surface area contributed by atoms with Crippen molar-refractivity contribution in [1.82, 2.24) is 4.90 Å². The minimum absolute atomic E-state index is 0.0365. The van der Waals surface area contributed by atoms with Gasteiger partial charge in [-0.05, 0) is 36.2 Å². The van der Waals surface area contributed by atoms with Gasteiger partial charge in [-0.2, -0.15) is 0 Å². The van der Waals surface area contributed by atoms with Crippen LogP contribution in [0.2, 0.25) is 0 Å². The van der Waals surface area contributed by atoms with Crippen molar-refractivity contribution in [3.63, 3.8) is 0 Å². The lowest BCUT2D eigenvalue weighted by Gasteiger charge is -2.32. The molecule has 1 atom stereocenters. The van der Waals surface area contributed by atoms with Crippen molar-refractivity contribution in [2.75, 3.05) is 19.7 Å². The summed E-state index contributed by atoms with van der Waals surface area (Å²) in [6.07, 6.45) is 1.03. The molecule has 0 unspecified atom stereocenters. The average molecular weight is 319 g/mol. The minimum Gasteiger partial charge on any atom is -0.375 e. The quantitative estimate of drug-likeness (QED) is 0.861. The Morgan fingerprint density at radius 3 is 3.05 bits per heavy atom. The van der Waals surface area contributed by atoms with Gasteiger partial charge in [0.25, 0.3) is 5.91 Å². The molecule has 22 heavy (non-hydrogen) atoms. The molecule has 3 nitrogen and oxygen atoms in total. The maximum atomic E-state index is 13.3. The van der Waals surface area contributed by atoms with E-state index >= 15 is 0 Å². The molecule has 116 valence electrons. The first-order valence-electron chi connectivity index (χ1n) is 7.44. The summed E-state index contributed by atoms with van der Waals surface area (Å²) in [5.41, 5.74) is 0.803. The van der Waals surface area contributed by atoms with Crippen molar-refractivity contribution in [2.24, 2.45) is 0 Å². The largest absolute Gasteiger partial charge is 0.375 e. The molecule has 1 saturated heterocycles. The molecule has 0 aliphatic carbocycles. The van der Waals surface area contributed by atoms with E-state index in [1.54, 1.807) is 6.07 Å². The third-order valence-electron chi connectivity index (χ3n) is 3.81. The first kappa shape index (κ1) is 15.2. The van der Waals surface area contributed by atoms with Crippen LogP contribution in [0.1, 0.15) is 23.0 Å². The molecular formula is C17H18FNO2S. The summed E-state index contributed by atoms with van der Waals surface area (Å²) < 4.78 is 18.9. The number of benzene rings is 1. The van der Waals surface area contributed by atoms with E-state index in [9.17, 15) is 9.18 Å². The molecule has 0 N–H and O–H groups in total. The van der Waals surface area contributed by atoms with Gasteiger partial charge in [0.05, 0.1) is 17.6 Å². The summed E-state index contributed by atoms with van der Waals surface area (Å²) in [6.45, 7) is 3.92. The van der Waals surface area contributed by atoms with Gasteiger partial charge in [0.15, 0.2) is 0 Å². The molecule has 5 heteroatoms. The zero-order valence-corrected chi connectivity index (χ0v) is 13.2. The summed E-state index contributed by atoms with van der Waals surface area (Å²) in [5.74, 6) is -0.229. The Hall–Kier alpha value is -1.72. The van der Waals surface area contributed by atoms with E-state index in [1.807, 2.05) is 23.1 Å². The molecule has 1 fully saturated rings. The number of ether oxygens (including phenoxy) is 1. The third kappa shape index (κ3) is 3.20. The summed E-state index contributed by atoms with van der Waals surface area (Å²) in [6, 6.07) is 10.1. The number of rotatable bonds is 3. The van der Waals surface area contributed by atoms with Crippen LogP contribution in [0.25, 0.3) is 10.4 Å². The van der Waals surface area contributed by atoms with Crippen molar-refractivity contribution in [1.29, 1.82) is 0 Å². The highest BCUT2D eigenvalue weighted by Crippen LogP contribution is 2.29. The Balaban J connectivity index is 1.77. The molecule has 1 amide bonds. The Bertz CT molecular complexity index is 670. The van der Waals surface area contributed by atoms with Crippen LogP contribution in [0.15, 0.2) is 36.4 Å². The average Bonchev–Trinajstić information content (AvgIpc) is 3.04. The number of carbonyl (C=O) groups excluding carboxylic acids is 1. The first-order valence-corrected chi connectivity index (χ1v) is 8.25. The number of hydrogen-bond acceptors (Lipinski definition) is 3. The highest BCUT2D eigenvalue weighted by atomic mass is 32.1. The topological polar surface area (TPSA) is 29.5 Å². The van der Waals surface area contributed by atoms with E-state index < -0.39 is 0 Å². The van der Waals surface area contributed by atoms with Crippen molar-refractivity contribution in [3.05, 3.63) is 47.1 Å². The van der Waals surface area contributed by atoms with Crippen LogP contribution in [0, 0.1) is 5.82 Å². The predicted molar refractivity (Wildman–Crippen MR) is 85.6 cm³/mol. The fourth-order valence-corrected chi connectivity index (χ4v) is 3.53. The molecule has 2 aromatic rings. The van der Waals surface area contributed by atoms with E-state index in [0.717, 1.165) is 16.9 Å². The lowest BCUT2D eigenvalue weighted by molar-refractivity contribution is -0.0224. The number of halogens is 1. The minimum atomic E-state index is -0.266. The number of amides is 1. The van der Waals surface area contributed by atoms with Gasteiger partial charge in [-0.1, -0.05) is 19.1 Å². The fraction of sp³-hybridized carbons (Fsp3) is 0.353. The smallest absolute Gasteiger partial charge is 0.264 e. The third-order valence-corrected chi connectivity index (χ3v) is 4.93. The highest BCUT2D eigenvalue weighted by molar-refractivity contribution is 7.17. The van der Waals surface area contributed by atoms with Gasteiger partial charge in [-0.15, -0.1) is 11.3 Å². The molecular weight excluding hydrogens is 301 g/mol. The Kier molecular flexibility index (Phi) is 4.55. The second-order valence-electron chi connectivity index (χ2n) is 5.33. The number of hydrogen-bond donors (Lipinski definition) is 0. The van der Waals surface area contributed by atoms with Gasteiger partial charge >= 0.3 is 0 Å². The van der Waals surface area contributed by atoms with E-state index in [1.165, 1.54) is 23.5 Å². The van der Waals surface area contributed by atoms with Gasteiger partial charge < -0.3 is 9.64 Å². The van der Waals surface area contributed by atoms with E-state index in [4.69, 9.17) is 4.74 Å². The molecule has 1 aromatic carbocycles. The second-order valence-corrected chi connectivity index (χ2v) is 6.41. The maximum absolute atomic E-state index is 13.3. The van der Waals surface area contributed by atoms with Crippen LogP contribution in [0.3, 0.4) is 0 Å². The Morgan fingerprint density at radius 2 is 2.27 bits per heavy atom. The van der Waals surface area contributed by atoms with Crippen molar-refractivity contribution in [2.45, 2.75) is 19.4 Å². The first-order chi connectivity index (χ1) is 10.7. The molecule has 0 saturated carbocycles. The van der Waals surface area contributed by atoms with Crippen molar-refractivity contribution in [3.8, 4) is 10.4 Å². The van der Waals surface area contributed by atoms with Crippen LogP contribution in [0.4, 0.5) is 4.39 Å². The standard InChI is InChI=1S/C17H18FNO2S/c1-2-14-11-19(8-9-21-14)17(20)16-7-6-15(22-16)12-4-3-5-13(18)10-12/h3-7,10,14H,2,8-9,11H2,1H3/t14-/m0/s1. The van der Waals surface area contributed by atoms with E-state index in [0.29, 0.717) is 24.6 Å². The zero-order valence-electron chi connectivity index (χ0n) is 12.4. The van der Waals surface area contributed by atoms with Crippen LogP contribution >= 0.6 is 11.3 Å². The number of thiophene rings is 1. The lowest BCUT2D eigenvalue weighted by Crippen LogP contribution is -2.45. The molecule has 1 aromatic heterocycles. The zero-order chi connectivity index (χ0) is 15.5. The van der Waals surface area contributed by atoms with Crippen LogP contribution < -0.4 is 0 Å². The predicted octanol–water partition coefficient (Wildman–Crippen LogP) is 3.81. The van der Waals surface area contributed by atoms with Crippen molar-refractivity contribution < 1.29 is 13.9 Å². The molecule has 0 spiro atoms. The molecule has 0 radical (unpaired) electrons. The monoisotopic (exact) mass is 319 g/mol. The summed E-state index contributed by atoms with van der Waals surface area (Å²) in [4.78, 5) is 16.0. The summed E-state index contributed by atoms with van der Waals surface area (Å²) in [5, 5.41) is 0. The molecule has 0 bridgehead atoms. The lowest BCUT2D eigenvalue weighted by atomic mass is 10.2. The van der Waals surface area contributed by atoms with Gasteiger partial charge in [0.2, 0.25) is 0 Å². The number of nitrogens with zero attached hydrogens (tertiary/aromatic N) is 1. The second kappa shape index (κ2) is 6.58. The summed E-state index contributed by atoms with van der Waals surface area (Å²) >= 11 is 1.41. The molecule has 1 aliphatic heterocycles. The highest BCUT2D eigenvalue weighted by Gasteiger charge is 2.25. The summed E-state index contributed by atoms with van der Waals surface area (Å²) in [7, 11) is 0. The Morgan fingerprint density at radius 1 is 1.41 bits per heavy atom. The normalized spacial score (nSPS) is 18.5. The SMILES string of the molecule is CC[C@H]1CN(C(=O)c2ccc(-c3cccc(F)c3)s2)CCO1. The van der Waals surface area contributed by atoms with Crippen molar-refractivity contribution >= 4 is 17.2 Å². The Labute approximate surface area is 133 Å². The van der Waals surface area contributed by atoms with Gasteiger partial charge in [-0.25, -0.2) is 4.39 Å². The number of carbonyl (C=O) groups is 1. The van der Waals surface area contributed by atoms with Gasteiger partial charge in [0.1, 0.15) is 5.82 Å². The van der Waals surface area contributed by atoms with E-state index in [2.05, 4.69) is 6.92 Å². The van der Waals surface area contributed by atoms with Crippen LogP contribution in [-0.4, -0.2) is 36.6 Å².